The third-order valence-corrected chi connectivity index (χ3v) is 3.12. The molecule has 1 saturated heterocycles. The molecule has 0 aromatic rings. The van der Waals surface area contributed by atoms with Gasteiger partial charge in [-0.2, -0.15) is 11.8 Å². The summed E-state index contributed by atoms with van der Waals surface area (Å²) in [6.07, 6.45) is 2.74. The first-order chi connectivity index (χ1) is 6.69. The molecule has 1 rings (SSSR count). The molecule has 1 aliphatic rings. The fourth-order valence-electron chi connectivity index (χ4n) is 1.47. The lowest BCUT2D eigenvalue weighted by atomic mass is 10.00. The van der Waals surface area contributed by atoms with Gasteiger partial charge in [-0.15, -0.1) is 0 Å². The van der Waals surface area contributed by atoms with Gasteiger partial charge in [-0.05, 0) is 18.4 Å². The summed E-state index contributed by atoms with van der Waals surface area (Å²) in [5.41, 5.74) is 5.73. The Labute approximate surface area is 88.8 Å². The van der Waals surface area contributed by atoms with E-state index in [0.717, 1.165) is 12.2 Å². The van der Waals surface area contributed by atoms with Crippen molar-refractivity contribution < 1.29 is 9.90 Å². The summed E-state index contributed by atoms with van der Waals surface area (Å²) in [5, 5.41) is 8.79. The number of carbonyl (C=O) groups excluding carboxylic acids is 1. The van der Waals surface area contributed by atoms with Gasteiger partial charge in [0.2, 0.25) is 5.91 Å². The molecule has 0 saturated carbocycles. The second-order valence-corrected chi connectivity index (χ2v) is 4.67. The summed E-state index contributed by atoms with van der Waals surface area (Å²) in [6, 6.07) is -0.359. The van der Waals surface area contributed by atoms with Crippen LogP contribution in [0.25, 0.3) is 0 Å². The molecule has 0 unspecified atom stereocenters. The van der Waals surface area contributed by atoms with E-state index < -0.39 is 0 Å². The number of aliphatic hydroxyl groups excluding tert-OH is 1. The molecule has 1 aliphatic heterocycles. The van der Waals surface area contributed by atoms with Crippen molar-refractivity contribution in [2.45, 2.75) is 12.5 Å². The fraction of sp³-hybridized carbons (Fsp3) is 0.889. The standard InChI is InChI=1S/C9H18N2O2S/c1-14-3-2-8(10)9(13)11-4-7(5-11)6-12/h7-8,12H,2-6,10H2,1H3/t8-/m1/s1. The van der Waals surface area contributed by atoms with E-state index in [1.807, 2.05) is 6.26 Å². The molecule has 0 bridgehead atoms. The van der Waals surface area contributed by atoms with Crippen LogP contribution < -0.4 is 5.73 Å². The van der Waals surface area contributed by atoms with E-state index in [1.165, 1.54) is 0 Å². The van der Waals surface area contributed by atoms with Gasteiger partial charge in [-0.25, -0.2) is 0 Å². The molecule has 0 aromatic heterocycles. The molecule has 14 heavy (non-hydrogen) atoms. The predicted molar refractivity (Wildman–Crippen MR) is 58.1 cm³/mol. The van der Waals surface area contributed by atoms with Gasteiger partial charge in [0.15, 0.2) is 0 Å². The minimum atomic E-state index is -0.359. The molecule has 5 heteroatoms. The van der Waals surface area contributed by atoms with Crippen LogP contribution in [0.3, 0.4) is 0 Å². The minimum absolute atomic E-state index is 0.0313. The minimum Gasteiger partial charge on any atom is -0.396 e. The SMILES string of the molecule is CSCC[C@@H](N)C(=O)N1CC(CO)C1. The Balaban J connectivity index is 2.21. The van der Waals surface area contributed by atoms with E-state index in [9.17, 15) is 4.79 Å². The van der Waals surface area contributed by atoms with Gasteiger partial charge < -0.3 is 15.7 Å². The Morgan fingerprint density at radius 1 is 1.71 bits per heavy atom. The third kappa shape index (κ3) is 2.87. The normalized spacial score (nSPS) is 19.2. The monoisotopic (exact) mass is 218 g/mol. The van der Waals surface area contributed by atoms with Crippen molar-refractivity contribution in [3.63, 3.8) is 0 Å². The fourth-order valence-corrected chi connectivity index (χ4v) is 1.96. The third-order valence-electron chi connectivity index (χ3n) is 2.48. The second kappa shape index (κ2) is 5.58. The average Bonchev–Trinajstić information content (AvgIpc) is 2.12. The lowest BCUT2D eigenvalue weighted by molar-refractivity contribution is -0.139. The first-order valence-corrected chi connectivity index (χ1v) is 6.22. The highest BCUT2D eigenvalue weighted by Gasteiger charge is 2.32. The number of aliphatic hydroxyl groups is 1. The lowest BCUT2D eigenvalue weighted by Gasteiger charge is -2.39. The maximum Gasteiger partial charge on any atom is 0.239 e. The maximum absolute atomic E-state index is 11.6. The van der Waals surface area contributed by atoms with Crippen LogP contribution in [0.15, 0.2) is 0 Å². The van der Waals surface area contributed by atoms with Crippen molar-refractivity contribution in [3.05, 3.63) is 0 Å². The van der Waals surface area contributed by atoms with Gasteiger partial charge in [0.05, 0.1) is 6.04 Å². The Kier molecular flexibility index (Phi) is 4.71. The molecule has 3 N–H and O–H groups in total. The number of hydrogen-bond donors (Lipinski definition) is 2. The van der Waals surface area contributed by atoms with Gasteiger partial charge in [-0.1, -0.05) is 0 Å². The molecule has 82 valence electrons. The number of hydrogen-bond acceptors (Lipinski definition) is 4. The molecular formula is C9H18N2O2S. The van der Waals surface area contributed by atoms with Gasteiger partial charge in [0, 0.05) is 25.6 Å². The van der Waals surface area contributed by atoms with Crippen molar-refractivity contribution in [2.24, 2.45) is 11.7 Å². The van der Waals surface area contributed by atoms with Crippen LogP contribution in [0.4, 0.5) is 0 Å². The summed E-state index contributed by atoms with van der Waals surface area (Å²) < 4.78 is 0. The highest BCUT2D eigenvalue weighted by atomic mass is 32.2. The lowest BCUT2D eigenvalue weighted by Crippen LogP contribution is -2.56. The number of likely N-dealkylation sites (tertiary alicyclic amines) is 1. The second-order valence-electron chi connectivity index (χ2n) is 3.68. The summed E-state index contributed by atoms with van der Waals surface area (Å²) in [5.74, 6) is 1.22. The predicted octanol–water partition coefficient (Wildman–Crippen LogP) is -0.482. The van der Waals surface area contributed by atoms with E-state index in [4.69, 9.17) is 10.8 Å². The van der Waals surface area contributed by atoms with Crippen molar-refractivity contribution in [1.82, 2.24) is 4.90 Å². The first kappa shape index (κ1) is 11.8. The van der Waals surface area contributed by atoms with Gasteiger partial charge in [0.1, 0.15) is 0 Å². The van der Waals surface area contributed by atoms with Crippen LogP contribution in [0.2, 0.25) is 0 Å². The Bertz CT molecular complexity index is 188. The number of nitrogens with zero attached hydrogens (tertiary/aromatic N) is 1. The smallest absolute Gasteiger partial charge is 0.239 e. The van der Waals surface area contributed by atoms with E-state index >= 15 is 0 Å². The largest absolute Gasteiger partial charge is 0.396 e. The topological polar surface area (TPSA) is 66.6 Å². The summed E-state index contributed by atoms with van der Waals surface area (Å²) in [6.45, 7) is 1.51. The van der Waals surface area contributed by atoms with Crippen molar-refractivity contribution in [3.8, 4) is 0 Å². The summed E-state index contributed by atoms with van der Waals surface area (Å²) >= 11 is 1.70. The first-order valence-electron chi connectivity index (χ1n) is 4.83. The molecule has 0 aromatic carbocycles. The number of amides is 1. The van der Waals surface area contributed by atoms with Gasteiger partial charge >= 0.3 is 0 Å². The van der Waals surface area contributed by atoms with E-state index in [-0.39, 0.29) is 24.5 Å². The number of carbonyl (C=O) groups is 1. The van der Waals surface area contributed by atoms with Gasteiger partial charge in [0.25, 0.3) is 0 Å². The van der Waals surface area contributed by atoms with Crippen LogP contribution >= 0.6 is 11.8 Å². The van der Waals surface area contributed by atoms with Crippen LogP contribution in [0.1, 0.15) is 6.42 Å². The molecule has 1 fully saturated rings. The van der Waals surface area contributed by atoms with Crippen molar-refractivity contribution >= 4 is 17.7 Å². The molecule has 0 radical (unpaired) electrons. The van der Waals surface area contributed by atoms with E-state index in [1.54, 1.807) is 16.7 Å². The number of rotatable bonds is 5. The van der Waals surface area contributed by atoms with Crippen LogP contribution in [-0.2, 0) is 4.79 Å². The Morgan fingerprint density at radius 3 is 2.86 bits per heavy atom. The van der Waals surface area contributed by atoms with Crippen LogP contribution in [0, 0.1) is 5.92 Å². The molecule has 0 aliphatic carbocycles. The molecule has 1 amide bonds. The number of thioether (sulfide) groups is 1. The zero-order chi connectivity index (χ0) is 10.6. The van der Waals surface area contributed by atoms with Crippen molar-refractivity contribution in [2.75, 3.05) is 31.7 Å². The van der Waals surface area contributed by atoms with E-state index in [2.05, 4.69) is 0 Å². The molecule has 1 heterocycles. The zero-order valence-corrected chi connectivity index (χ0v) is 9.30. The van der Waals surface area contributed by atoms with Crippen molar-refractivity contribution in [1.29, 1.82) is 0 Å². The molecule has 4 nitrogen and oxygen atoms in total. The maximum atomic E-state index is 11.6. The highest BCUT2D eigenvalue weighted by molar-refractivity contribution is 7.98. The molecular weight excluding hydrogens is 200 g/mol. The Hall–Kier alpha value is -0.260. The van der Waals surface area contributed by atoms with E-state index in [0.29, 0.717) is 13.1 Å². The van der Waals surface area contributed by atoms with Crippen LogP contribution in [-0.4, -0.2) is 53.7 Å². The van der Waals surface area contributed by atoms with Crippen LogP contribution in [0.5, 0.6) is 0 Å². The highest BCUT2D eigenvalue weighted by Crippen LogP contribution is 2.16. The average molecular weight is 218 g/mol. The molecule has 0 spiro atoms. The summed E-state index contributed by atoms with van der Waals surface area (Å²) in [4.78, 5) is 13.3. The summed E-state index contributed by atoms with van der Waals surface area (Å²) in [7, 11) is 0. The van der Waals surface area contributed by atoms with Gasteiger partial charge in [-0.3, -0.25) is 4.79 Å². The zero-order valence-electron chi connectivity index (χ0n) is 8.48. The number of nitrogens with two attached hydrogens (primary N) is 1. The quantitative estimate of drug-likeness (QED) is 0.654. The Morgan fingerprint density at radius 2 is 2.36 bits per heavy atom. The molecule has 1 atom stereocenters.